The number of ether oxygens (including phenoxy) is 1. The SMILES string of the molecule is COc1cccc(CCNC(=O)c2c[nH]c3ccc(F)cc23)c1. The highest BCUT2D eigenvalue weighted by Gasteiger charge is 2.12. The van der Waals surface area contributed by atoms with Gasteiger partial charge in [0.25, 0.3) is 5.91 Å². The van der Waals surface area contributed by atoms with E-state index in [-0.39, 0.29) is 11.7 Å². The lowest BCUT2D eigenvalue weighted by molar-refractivity contribution is 0.0956. The van der Waals surface area contributed by atoms with E-state index in [1.54, 1.807) is 19.4 Å². The van der Waals surface area contributed by atoms with E-state index in [0.717, 1.165) is 16.8 Å². The average molecular weight is 312 g/mol. The Balaban J connectivity index is 1.65. The number of rotatable bonds is 5. The first-order chi connectivity index (χ1) is 11.2. The smallest absolute Gasteiger partial charge is 0.253 e. The van der Waals surface area contributed by atoms with E-state index in [2.05, 4.69) is 10.3 Å². The number of carbonyl (C=O) groups excluding carboxylic acids is 1. The molecule has 23 heavy (non-hydrogen) atoms. The summed E-state index contributed by atoms with van der Waals surface area (Å²) in [7, 11) is 1.62. The Morgan fingerprint density at radius 2 is 2.13 bits per heavy atom. The zero-order chi connectivity index (χ0) is 16.2. The maximum Gasteiger partial charge on any atom is 0.253 e. The molecule has 3 rings (SSSR count). The molecule has 0 saturated carbocycles. The second-order valence-corrected chi connectivity index (χ2v) is 5.25. The second kappa shape index (κ2) is 6.52. The van der Waals surface area contributed by atoms with Crippen LogP contribution in [0.3, 0.4) is 0 Å². The summed E-state index contributed by atoms with van der Waals surface area (Å²) in [4.78, 5) is 15.2. The highest BCUT2D eigenvalue weighted by atomic mass is 19.1. The first-order valence-corrected chi connectivity index (χ1v) is 7.35. The molecule has 0 unspecified atom stereocenters. The van der Waals surface area contributed by atoms with Gasteiger partial charge in [-0.05, 0) is 42.3 Å². The molecule has 118 valence electrons. The fourth-order valence-corrected chi connectivity index (χ4v) is 2.52. The molecule has 0 saturated heterocycles. The first kappa shape index (κ1) is 15.1. The Labute approximate surface area is 133 Å². The predicted octanol–water partition coefficient (Wildman–Crippen LogP) is 3.29. The van der Waals surface area contributed by atoms with Crippen LogP contribution in [0.15, 0.2) is 48.7 Å². The van der Waals surface area contributed by atoms with Crippen LogP contribution < -0.4 is 10.1 Å². The molecule has 0 aliphatic carbocycles. The maximum absolute atomic E-state index is 13.3. The van der Waals surface area contributed by atoms with Crippen molar-refractivity contribution in [2.24, 2.45) is 0 Å². The molecule has 0 aliphatic heterocycles. The van der Waals surface area contributed by atoms with Crippen LogP contribution >= 0.6 is 0 Å². The summed E-state index contributed by atoms with van der Waals surface area (Å²) in [5.41, 5.74) is 2.27. The molecular weight excluding hydrogens is 295 g/mol. The van der Waals surface area contributed by atoms with Crippen molar-refractivity contribution in [3.8, 4) is 5.75 Å². The second-order valence-electron chi connectivity index (χ2n) is 5.25. The van der Waals surface area contributed by atoms with Crippen LogP contribution in [0.25, 0.3) is 10.9 Å². The van der Waals surface area contributed by atoms with Crippen molar-refractivity contribution in [3.63, 3.8) is 0 Å². The van der Waals surface area contributed by atoms with Crippen LogP contribution in [0.4, 0.5) is 4.39 Å². The summed E-state index contributed by atoms with van der Waals surface area (Å²) < 4.78 is 18.5. The number of amides is 1. The normalized spacial score (nSPS) is 10.7. The van der Waals surface area contributed by atoms with Gasteiger partial charge in [0, 0.05) is 23.6 Å². The van der Waals surface area contributed by atoms with Gasteiger partial charge in [-0.3, -0.25) is 4.79 Å². The van der Waals surface area contributed by atoms with Crippen LogP contribution in [0.2, 0.25) is 0 Å². The van der Waals surface area contributed by atoms with Gasteiger partial charge in [0.15, 0.2) is 0 Å². The highest BCUT2D eigenvalue weighted by molar-refractivity contribution is 6.06. The molecule has 4 nitrogen and oxygen atoms in total. The van der Waals surface area contributed by atoms with Gasteiger partial charge in [0.2, 0.25) is 0 Å². The Kier molecular flexibility index (Phi) is 4.28. The van der Waals surface area contributed by atoms with Gasteiger partial charge in [-0.2, -0.15) is 0 Å². The number of aromatic amines is 1. The number of nitrogens with one attached hydrogen (secondary N) is 2. The Morgan fingerprint density at radius 3 is 2.96 bits per heavy atom. The quantitative estimate of drug-likeness (QED) is 0.759. The van der Waals surface area contributed by atoms with Crippen LogP contribution in [0.1, 0.15) is 15.9 Å². The topological polar surface area (TPSA) is 54.1 Å². The van der Waals surface area contributed by atoms with Gasteiger partial charge >= 0.3 is 0 Å². The van der Waals surface area contributed by atoms with E-state index in [9.17, 15) is 9.18 Å². The molecule has 3 aromatic rings. The summed E-state index contributed by atoms with van der Waals surface area (Å²) in [6.45, 7) is 0.494. The highest BCUT2D eigenvalue weighted by Crippen LogP contribution is 2.19. The van der Waals surface area contributed by atoms with E-state index in [1.807, 2.05) is 24.3 Å². The fraction of sp³-hybridized carbons (Fsp3) is 0.167. The number of carbonyl (C=O) groups is 1. The van der Waals surface area contributed by atoms with Crippen molar-refractivity contribution in [1.82, 2.24) is 10.3 Å². The van der Waals surface area contributed by atoms with Crippen LogP contribution in [0.5, 0.6) is 5.75 Å². The molecule has 0 atom stereocenters. The molecule has 0 spiro atoms. The van der Waals surface area contributed by atoms with E-state index in [1.165, 1.54) is 12.1 Å². The number of hydrogen-bond acceptors (Lipinski definition) is 2. The Hall–Kier alpha value is -2.82. The summed E-state index contributed by atoms with van der Waals surface area (Å²) in [5.74, 6) is 0.216. The number of benzene rings is 2. The number of H-pyrrole nitrogens is 1. The van der Waals surface area contributed by atoms with Gasteiger partial charge in [-0.15, -0.1) is 0 Å². The third kappa shape index (κ3) is 3.34. The zero-order valence-corrected chi connectivity index (χ0v) is 12.7. The Morgan fingerprint density at radius 1 is 1.26 bits per heavy atom. The zero-order valence-electron chi connectivity index (χ0n) is 12.7. The minimum absolute atomic E-state index is 0.218. The minimum Gasteiger partial charge on any atom is -0.497 e. The molecule has 2 N–H and O–H groups in total. The molecule has 1 heterocycles. The summed E-state index contributed by atoms with van der Waals surface area (Å²) in [6, 6.07) is 12.1. The van der Waals surface area contributed by atoms with E-state index in [4.69, 9.17) is 4.74 Å². The van der Waals surface area contributed by atoms with Crippen molar-refractivity contribution in [1.29, 1.82) is 0 Å². The molecule has 0 aliphatic rings. The Bertz CT molecular complexity index is 842. The number of hydrogen-bond donors (Lipinski definition) is 2. The molecule has 0 bridgehead atoms. The lowest BCUT2D eigenvalue weighted by atomic mass is 10.1. The van der Waals surface area contributed by atoms with E-state index >= 15 is 0 Å². The molecule has 1 amide bonds. The molecule has 0 radical (unpaired) electrons. The number of methoxy groups -OCH3 is 1. The van der Waals surface area contributed by atoms with Gasteiger partial charge in [0.05, 0.1) is 12.7 Å². The van der Waals surface area contributed by atoms with Crippen LogP contribution in [0, 0.1) is 5.82 Å². The van der Waals surface area contributed by atoms with Crippen molar-refractivity contribution < 1.29 is 13.9 Å². The number of fused-ring (bicyclic) bond motifs is 1. The molecular formula is C18H17FN2O2. The monoisotopic (exact) mass is 312 g/mol. The standard InChI is InChI=1S/C18H17FN2O2/c1-23-14-4-2-3-12(9-14)7-8-20-18(22)16-11-21-17-6-5-13(19)10-15(16)17/h2-6,9-11,21H,7-8H2,1H3,(H,20,22). The van der Waals surface area contributed by atoms with Crippen LogP contribution in [-0.4, -0.2) is 24.5 Å². The molecule has 0 fully saturated rings. The number of aromatic nitrogens is 1. The largest absolute Gasteiger partial charge is 0.497 e. The van der Waals surface area contributed by atoms with Gasteiger partial charge in [-0.25, -0.2) is 4.39 Å². The van der Waals surface area contributed by atoms with Gasteiger partial charge < -0.3 is 15.0 Å². The third-order valence-corrected chi connectivity index (χ3v) is 3.72. The van der Waals surface area contributed by atoms with Gasteiger partial charge in [0.1, 0.15) is 11.6 Å². The molecule has 1 aromatic heterocycles. The van der Waals surface area contributed by atoms with Crippen molar-refractivity contribution >= 4 is 16.8 Å². The summed E-state index contributed by atoms with van der Waals surface area (Å²) in [6.07, 6.45) is 2.30. The van der Waals surface area contributed by atoms with Gasteiger partial charge in [-0.1, -0.05) is 12.1 Å². The lowest BCUT2D eigenvalue weighted by Gasteiger charge is -2.06. The predicted molar refractivity (Wildman–Crippen MR) is 87.3 cm³/mol. The van der Waals surface area contributed by atoms with E-state index < -0.39 is 0 Å². The third-order valence-electron chi connectivity index (χ3n) is 3.72. The number of halogens is 1. The van der Waals surface area contributed by atoms with Crippen molar-refractivity contribution in [3.05, 3.63) is 65.6 Å². The van der Waals surface area contributed by atoms with E-state index in [0.29, 0.717) is 23.9 Å². The molecule has 5 heteroatoms. The summed E-state index contributed by atoms with van der Waals surface area (Å²) in [5, 5.41) is 3.45. The minimum atomic E-state index is -0.359. The maximum atomic E-state index is 13.3. The fourth-order valence-electron chi connectivity index (χ4n) is 2.52. The molecule has 2 aromatic carbocycles. The van der Waals surface area contributed by atoms with Crippen molar-refractivity contribution in [2.75, 3.05) is 13.7 Å². The van der Waals surface area contributed by atoms with Crippen LogP contribution in [-0.2, 0) is 6.42 Å². The first-order valence-electron chi connectivity index (χ1n) is 7.35. The average Bonchev–Trinajstić information content (AvgIpc) is 2.98. The van der Waals surface area contributed by atoms with Crippen molar-refractivity contribution in [2.45, 2.75) is 6.42 Å². The summed E-state index contributed by atoms with van der Waals surface area (Å²) >= 11 is 0. The lowest BCUT2D eigenvalue weighted by Crippen LogP contribution is -2.25.